The van der Waals surface area contributed by atoms with E-state index in [4.69, 9.17) is 14.2 Å². The van der Waals surface area contributed by atoms with Crippen LogP contribution < -0.4 is 15.4 Å². The summed E-state index contributed by atoms with van der Waals surface area (Å²) < 4.78 is 17.5. The minimum atomic E-state index is -0.532. The number of nitrogens with one attached hydrogen (secondary N) is 2. The van der Waals surface area contributed by atoms with Crippen molar-refractivity contribution in [1.82, 2.24) is 10.3 Å². The van der Waals surface area contributed by atoms with E-state index in [2.05, 4.69) is 15.6 Å². The Morgan fingerprint density at radius 3 is 2.77 bits per heavy atom. The molecule has 2 amide bonds. The number of aromatic nitrogens is 1. The molecular formula is C26H31N3O6. The van der Waals surface area contributed by atoms with Gasteiger partial charge in [0.05, 0.1) is 31.4 Å². The molecule has 9 nitrogen and oxygen atoms in total. The van der Waals surface area contributed by atoms with Crippen LogP contribution in [0.2, 0.25) is 0 Å². The first-order valence-corrected chi connectivity index (χ1v) is 12.2. The molecule has 0 bridgehead atoms. The van der Waals surface area contributed by atoms with E-state index in [9.17, 15) is 14.7 Å². The maximum atomic E-state index is 12.7. The summed E-state index contributed by atoms with van der Waals surface area (Å²) in [5.41, 5.74) is 2.48. The Morgan fingerprint density at radius 1 is 1.14 bits per heavy atom. The van der Waals surface area contributed by atoms with Gasteiger partial charge in [-0.1, -0.05) is 6.07 Å². The van der Waals surface area contributed by atoms with Crippen molar-refractivity contribution in [3.05, 3.63) is 53.9 Å². The van der Waals surface area contributed by atoms with Gasteiger partial charge in [-0.25, -0.2) is 0 Å². The summed E-state index contributed by atoms with van der Waals surface area (Å²) in [5, 5.41) is 15.9. The molecule has 0 radical (unpaired) electrons. The van der Waals surface area contributed by atoms with Gasteiger partial charge in [-0.2, -0.15) is 0 Å². The van der Waals surface area contributed by atoms with Gasteiger partial charge in [-0.15, -0.1) is 0 Å². The normalized spacial score (nSPS) is 25.7. The number of nitrogens with zero attached hydrogens (tertiary/aromatic N) is 1. The van der Waals surface area contributed by atoms with Crippen LogP contribution in [0.4, 0.5) is 5.69 Å². The quantitative estimate of drug-likeness (QED) is 0.554. The monoisotopic (exact) mass is 481 g/mol. The van der Waals surface area contributed by atoms with Gasteiger partial charge in [0.2, 0.25) is 11.8 Å². The summed E-state index contributed by atoms with van der Waals surface area (Å²) in [4.78, 5) is 29.5. The second-order valence-corrected chi connectivity index (χ2v) is 9.33. The van der Waals surface area contributed by atoms with Gasteiger partial charge in [0, 0.05) is 42.5 Å². The number of fused-ring (bicyclic) bond motifs is 3. The minimum Gasteiger partial charge on any atom is -0.487 e. The number of carbonyl (C=O) groups excluding carboxylic acids is 2. The number of benzene rings is 1. The van der Waals surface area contributed by atoms with Crippen molar-refractivity contribution in [2.75, 3.05) is 25.1 Å². The molecule has 5 rings (SSSR count). The lowest BCUT2D eigenvalue weighted by molar-refractivity contribution is -0.142. The van der Waals surface area contributed by atoms with Crippen molar-refractivity contribution >= 4 is 17.5 Å². The molecule has 0 saturated carbocycles. The fourth-order valence-corrected chi connectivity index (χ4v) is 5.14. The largest absolute Gasteiger partial charge is 0.487 e. The Hall–Kier alpha value is -3.01. The van der Waals surface area contributed by atoms with Crippen LogP contribution in [0.3, 0.4) is 0 Å². The maximum absolute atomic E-state index is 12.7. The lowest BCUT2D eigenvalue weighted by Crippen LogP contribution is -2.47. The highest BCUT2D eigenvalue weighted by atomic mass is 16.6. The third-order valence-electron chi connectivity index (χ3n) is 6.96. The van der Waals surface area contributed by atoms with Gasteiger partial charge in [-0.3, -0.25) is 14.6 Å². The van der Waals surface area contributed by atoms with Crippen LogP contribution in [0.5, 0.6) is 5.75 Å². The second-order valence-electron chi connectivity index (χ2n) is 9.33. The number of anilines is 1. The Morgan fingerprint density at radius 2 is 2.00 bits per heavy atom. The summed E-state index contributed by atoms with van der Waals surface area (Å²) in [6.45, 7) is 1.37. The molecule has 2 fully saturated rings. The lowest BCUT2D eigenvalue weighted by Gasteiger charge is -2.37. The molecule has 2 aromatic rings. The van der Waals surface area contributed by atoms with Crippen molar-refractivity contribution in [2.45, 2.75) is 56.5 Å². The zero-order chi connectivity index (χ0) is 24.2. The van der Waals surface area contributed by atoms with Gasteiger partial charge < -0.3 is 30.0 Å². The van der Waals surface area contributed by atoms with Crippen molar-refractivity contribution in [3.8, 4) is 5.75 Å². The number of ether oxygens (including phenoxy) is 3. The molecule has 35 heavy (non-hydrogen) atoms. The van der Waals surface area contributed by atoms with Crippen LogP contribution in [-0.2, 0) is 25.6 Å². The maximum Gasteiger partial charge on any atom is 0.227 e. The molecule has 4 atom stereocenters. The van der Waals surface area contributed by atoms with E-state index < -0.39 is 6.10 Å². The average Bonchev–Trinajstić information content (AvgIpc) is 3.26. The fraction of sp³-hybridized carbons (Fsp3) is 0.500. The molecule has 1 aromatic heterocycles. The molecule has 9 heteroatoms. The van der Waals surface area contributed by atoms with E-state index in [1.165, 1.54) is 0 Å². The average molecular weight is 482 g/mol. The first kappa shape index (κ1) is 23.7. The first-order chi connectivity index (χ1) is 17.1. The van der Waals surface area contributed by atoms with Crippen molar-refractivity contribution in [1.29, 1.82) is 0 Å². The topological polar surface area (TPSA) is 119 Å². The summed E-state index contributed by atoms with van der Waals surface area (Å²) in [7, 11) is 0. The van der Waals surface area contributed by atoms with Gasteiger partial charge in [-0.05, 0) is 49.6 Å². The molecule has 3 N–H and O–H groups in total. The van der Waals surface area contributed by atoms with E-state index in [1.807, 2.05) is 36.4 Å². The summed E-state index contributed by atoms with van der Waals surface area (Å²) in [6.07, 6.45) is 2.69. The molecule has 3 aliphatic rings. The number of aliphatic hydroxyl groups excluding tert-OH is 1. The third kappa shape index (κ3) is 5.47. The van der Waals surface area contributed by atoms with Crippen molar-refractivity contribution < 1.29 is 28.9 Å². The van der Waals surface area contributed by atoms with Crippen molar-refractivity contribution in [3.63, 3.8) is 0 Å². The van der Waals surface area contributed by atoms with Gasteiger partial charge in [0.15, 0.2) is 0 Å². The van der Waals surface area contributed by atoms with Crippen LogP contribution >= 0.6 is 0 Å². The molecule has 0 unspecified atom stereocenters. The molecule has 4 heterocycles. The lowest BCUT2D eigenvalue weighted by atomic mass is 9.84. The summed E-state index contributed by atoms with van der Waals surface area (Å²) in [5.74, 6) is 0.520. The molecule has 3 aliphatic heterocycles. The Kier molecular flexibility index (Phi) is 7.26. The van der Waals surface area contributed by atoms with Gasteiger partial charge in [0.1, 0.15) is 18.0 Å². The van der Waals surface area contributed by atoms with Crippen LogP contribution in [-0.4, -0.2) is 60.0 Å². The number of amides is 2. The SMILES string of the molecule is O=C(C[C@H]1C[C@H]2c3cc(NC(=O)C4CCOCC4)ccc3O[C@H]2[C@@H](CO)O1)NCc1ccccn1. The van der Waals surface area contributed by atoms with E-state index in [-0.39, 0.29) is 48.9 Å². The molecule has 1 aromatic carbocycles. The number of hydrogen-bond acceptors (Lipinski definition) is 7. The zero-order valence-corrected chi connectivity index (χ0v) is 19.5. The first-order valence-electron chi connectivity index (χ1n) is 12.2. The highest BCUT2D eigenvalue weighted by Gasteiger charge is 2.46. The number of carbonyl (C=O) groups is 2. The number of pyridine rings is 1. The van der Waals surface area contributed by atoms with Crippen LogP contribution in [0.15, 0.2) is 42.6 Å². The molecule has 2 saturated heterocycles. The van der Waals surface area contributed by atoms with Crippen LogP contribution in [0, 0.1) is 5.92 Å². The van der Waals surface area contributed by atoms with Gasteiger partial charge >= 0.3 is 0 Å². The highest BCUT2D eigenvalue weighted by molar-refractivity contribution is 5.92. The molecule has 0 spiro atoms. The van der Waals surface area contributed by atoms with E-state index in [0.717, 1.165) is 35.5 Å². The smallest absolute Gasteiger partial charge is 0.227 e. The Labute approximate surface area is 204 Å². The fourth-order valence-electron chi connectivity index (χ4n) is 5.14. The summed E-state index contributed by atoms with van der Waals surface area (Å²) >= 11 is 0. The molecular weight excluding hydrogens is 450 g/mol. The zero-order valence-electron chi connectivity index (χ0n) is 19.5. The van der Waals surface area contributed by atoms with Crippen LogP contribution in [0.25, 0.3) is 0 Å². The standard InChI is InChI=1S/C26H31N3O6/c30-15-23-25-21(12-19(34-23)13-24(31)28-14-18-3-1-2-8-27-18)20-11-17(4-5-22(20)35-25)29-26(32)16-6-9-33-10-7-16/h1-5,8,11,16,19,21,23,25,30H,6-7,9-10,12-15H2,(H,28,31)(H,29,32)/t19-,21+,23-,25-/m1/s1. The highest BCUT2D eigenvalue weighted by Crippen LogP contribution is 2.47. The van der Waals surface area contributed by atoms with E-state index in [1.54, 1.807) is 6.20 Å². The Bertz CT molecular complexity index is 1040. The van der Waals surface area contributed by atoms with Gasteiger partial charge in [0.25, 0.3) is 0 Å². The number of aliphatic hydroxyl groups is 1. The van der Waals surface area contributed by atoms with E-state index >= 15 is 0 Å². The predicted molar refractivity (Wildman–Crippen MR) is 127 cm³/mol. The Balaban J connectivity index is 1.24. The molecule has 0 aliphatic carbocycles. The van der Waals surface area contributed by atoms with Crippen LogP contribution in [0.1, 0.15) is 42.9 Å². The predicted octanol–water partition coefficient (Wildman–Crippen LogP) is 2.15. The summed E-state index contributed by atoms with van der Waals surface area (Å²) in [6, 6.07) is 11.2. The second kappa shape index (κ2) is 10.7. The minimum absolute atomic E-state index is 0.00591. The van der Waals surface area contributed by atoms with Crippen molar-refractivity contribution in [2.24, 2.45) is 5.92 Å². The van der Waals surface area contributed by atoms with E-state index in [0.29, 0.717) is 26.2 Å². The number of rotatable bonds is 7. The number of hydrogen-bond donors (Lipinski definition) is 3. The molecule has 186 valence electrons. The third-order valence-corrected chi connectivity index (χ3v) is 6.96.